The molecule has 4 rings (SSSR count). The maximum absolute atomic E-state index is 12.9. The van der Waals surface area contributed by atoms with Crippen molar-refractivity contribution in [1.82, 2.24) is 25.9 Å². The first-order chi connectivity index (χ1) is 16.6. The van der Waals surface area contributed by atoms with Crippen LogP contribution in [0, 0.1) is 5.92 Å². The third-order valence-corrected chi connectivity index (χ3v) is 7.13. The van der Waals surface area contributed by atoms with Crippen LogP contribution in [0.25, 0.3) is 0 Å². The molecule has 0 radical (unpaired) electrons. The second-order valence-corrected chi connectivity index (χ2v) is 9.33. The van der Waals surface area contributed by atoms with Crippen LogP contribution in [0.3, 0.4) is 0 Å². The van der Waals surface area contributed by atoms with Crippen molar-refractivity contribution in [2.45, 2.75) is 49.4 Å². The van der Waals surface area contributed by atoms with Gasteiger partial charge >= 0.3 is 6.18 Å². The van der Waals surface area contributed by atoms with Crippen molar-refractivity contribution in [3.8, 4) is 0 Å². The normalized spacial score (nSPS) is 26.8. The molecule has 2 aliphatic rings. The maximum Gasteiger partial charge on any atom is 0.416 e. The van der Waals surface area contributed by atoms with Gasteiger partial charge in [-0.05, 0) is 62.8 Å². The van der Waals surface area contributed by atoms with E-state index in [0.29, 0.717) is 44.2 Å². The van der Waals surface area contributed by atoms with Crippen molar-refractivity contribution in [2.75, 3.05) is 19.6 Å². The molecule has 8 nitrogen and oxygen atoms in total. The minimum Gasteiger partial charge on any atom is -0.385 e. The highest BCUT2D eigenvalue weighted by atomic mass is 19.4. The number of benzene rings is 1. The first-order valence-electron chi connectivity index (χ1n) is 11.6. The number of nitrogens with zero attached hydrogens (tertiary/aromatic N) is 2. The smallest absolute Gasteiger partial charge is 0.385 e. The number of hydrogen-bond acceptors (Lipinski definition) is 6. The first-order valence-corrected chi connectivity index (χ1v) is 11.6. The zero-order valence-electron chi connectivity index (χ0n) is 19.1. The number of alkyl halides is 3. The Balaban J connectivity index is 1.36. The quantitative estimate of drug-likeness (QED) is 0.492. The third-order valence-electron chi connectivity index (χ3n) is 7.13. The van der Waals surface area contributed by atoms with Gasteiger partial charge in [-0.25, -0.2) is 9.97 Å². The van der Waals surface area contributed by atoms with Crippen LogP contribution in [0.5, 0.6) is 0 Å². The minimum atomic E-state index is -4.56. The molecule has 1 aromatic carbocycles. The average molecular weight is 492 g/mol. The minimum absolute atomic E-state index is 0.116. The van der Waals surface area contributed by atoms with Gasteiger partial charge in [-0.1, -0.05) is 6.07 Å². The van der Waals surface area contributed by atoms with Crippen molar-refractivity contribution in [1.29, 1.82) is 0 Å². The van der Waals surface area contributed by atoms with Gasteiger partial charge in [0.15, 0.2) is 0 Å². The van der Waals surface area contributed by atoms with Gasteiger partial charge in [0.05, 0.1) is 23.2 Å². The van der Waals surface area contributed by atoms with Gasteiger partial charge in [-0.3, -0.25) is 9.59 Å². The number of nitrogens with one attached hydrogen (secondary N) is 3. The summed E-state index contributed by atoms with van der Waals surface area (Å²) in [6.07, 6.45) is 3.19. The summed E-state index contributed by atoms with van der Waals surface area (Å²) in [5, 5.41) is 19.9. The summed E-state index contributed by atoms with van der Waals surface area (Å²) >= 11 is 0. The molecule has 4 N–H and O–H groups in total. The number of halogens is 3. The van der Waals surface area contributed by atoms with Gasteiger partial charge in [0, 0.05) is 30.1 Å². The Morgan fingerprint density at radius 2 is 1.86 bits per heavy atom. The number of hydrogen-bond donors (Lipinski definition) is 4. The van der Waals surface area contributed by atoms with E-state index < -0.39 is 34.7 Å². The molecule has 11 heteroatoms. The van der Waals surface area contributed by atoms with Crippen LogP contribution in [0.4, 0.5) is 13.2 Å². The van der Waals surface area contributed by atoms with Crippen LogP contribution in [0.15, 0.2) is 43.0 Å². The number of amides is 2. The summed E-state index contributed by atoms with van der Waals surface area (Å²) < 4.78 is 38.7. The van der Waals surface area contributed by atoms with Crippen molar-refractivity contribution < 1.29 is 27.9 Å². The predicted molar refractivity (Wildman–Crippen MR) is 120 cm³/mol. The molecule has 2 amide bonds. The zero-order chi connectivity index (χ0) is 25.1. The number of aliphatic hydroxyl groups is 1. The fourth-order valence-electron chi connectivity index (χ4n) is 5.17. The number of aromatic nitrogens is 2. The summed E-state index contributed by atoms with van der Waals surface area (Å²) in [5.74, 6) is -1.05. The van der Waals surface area contributed by atoms with E-state index in [2.05, 4.69) is 25.9 Å². The fraction of sp³-hybridized carbons (Fsp3) is 0.500. The van der Waals surface area contributed by atoms with Gasteiger partial charge in [0.1, 0.15) is 6.33 Å². The van der Waals surface area contributed by atoms with E-state index in [0.717, 1.165) is 24.7 Å². The van der Waals surface area contributed by atoms with E-state index in [1.54, 1.807) is 12.4 Å². The molecular formula is C24H28F3N5O3. The largest absolute Gasteiger partial charge is 0.416 e. The summed E-state index contributed by atoms with van der Waals surface area (Å²) in [4.78, 5) is 33.1. The second kappa shape index (κ2) is 9.90. The van der Waals surface area contributed by atoms with E-state index in [-0.39, 0.29) is 18.0 Å². The molecule has 0 spiro atoms. The van der Waals surface area contributed by atoms with Gasteiger partial charge in [-0.2, -0.15) is 13.2 Å². The average Bonchev–Trinajstić information content (AvgIpc) is 3.32. The molecule has 0 unspecified atom stereocenters. The molecule has 1 aromatic heterocycles. The van der Waals surface area contributed by atoms with Crippen LogP contribution in [-0.4, -0.2) is 52.1 Å². The molecule has 35 heavy (non-hydrogen) atoms. The Morgan fingerprint density at radius 1 is 1.14 bits per heavy atom. The Morgan fingerprint density at radius 3 is 2.49 bits per heavy atom. The standard InChI is InChI=1S/C24H28F3N5O3/c25-24(26,27)18-3-1-2-16(10-18)21(34)31-13-20(33)32-22(8-9-28-14-22)17-4-6-23(35,7-5-17)19-11-29-15-30-12-19/h1-3,10-12,15,17,28,35H,4-9,13-14H2,(H,31,34)(H,32,33)/t17?,22-,23?/m0/s1. The Labute approximate surface area is 200 Å². The van der Waals surface area contributed by atoms with Crippen LogP contribution >= 0.6 is 0 Å². The van der Waals surface area contributed by atoms with Crippen LogP contribution in [-0.2, 0) is 16.6 Å². The van der Waals surface area contributed by atoms with Crippen LogP contribution in [0.2, 0.25) is 0 Å². The maximum atomic E-state index is 12.9. The van der Waals surface area contributed by atoms with Crippen molar-refractivity contribution in [2.24, 2.45) is 5.92 Å². The first kappa shape index (κ1) is 25.1. The molecule has 188 valence electrons. The second-order valence-electron chi connectivity index (χ2n) is 9.33. The van der Waals surface area contributed by atoms with E-state index in [1.165, 1.54) is 12.4 Å². The molecule has 2 fully saturated rings. The highest BCUT2D eigenvalue weighted by Gasteiger charge is 2.47. The molecule has 2 aromatic rings. The Kier molecular flexibility index (Phi) is 7.09. The molecule has 1 saturated heterocycles. The van der Waals surface area contributed by atoms with Gasteiger partial charge in [0.25, 0.3) is 5.91 Å². The van der Waals surface area contributed by atoms with E-state index in [9.17, 15) is 27.9 Å². The molecule has 1 aliphatic heterocycles. The van der Waals surface area contributed by atoms with E-state index in [1.807, 2.05) is 0 Å². The molecule has 0 bridgehead atoms. The monoisotopic (exact) mass is 491 g/mol. The van der Waals surface area contributed by atoms with Crippen LogP contribution in [0.1, 0.15) is 53.6 Å². The summed E-state index contributed by atoms with van der Waals surface area (Å²) in [6, 6.07) is 4.07. The molecule has 2 heterocycles. The van der Waals surface area contributed by atoms with Crippen LogP contribution < -0.4 is 16.0 Å². The lowest BCUT2D eigenvalue weighted by Crippen LogP contribution is -2.58. The summed E-state index contributed by atoms with van der Waals surface area (Å²) in [7, 11) is 0. The SMILES string of the molecule is O=C(CNC(=O)c1cccc(C(F)(F)F)c1)N[C@@]1(C2CCC(O)(c3cncnc3)CC2)CCNC1. The highest BCUT2D eigenvalue weighted by molar-refractivity contribution is 5.96. The lowest BCUT2D eigenvalue weighted by molar-refractivity contribution is -0.137. The summed E-state index contributed by atoms with van der Waals surface area (Å²) in [6.45, 7) is 0.941. The van der Waals surface area contributed by atoms with Crippen molar-refractivity contribution >= 4 is 11.8 Å². The predicted octanol–water partition coefficient (Wildman–Crippen LogP) is 2.15. The van der Waals surface area contributed by atoms with Crippen molar-refractivity contribution in [3.63, 3.8) is 0 Å². The third kappa shape index (κ3) is 5.62. The highest BCUT2D eigenvalue weighted by Crippen LogP contribution is 2.44. The Bertz CT molecular complexity index is 1050. The molecule has 1 saturated carbocycles. The fourth-order valence-corrected chi connectivity index (χ4v) is 5.17. The summed E-state index contributed by atoms with van der Waals surface area (Å²) in [5.41, 5.74) is -1.94. The van der Waals surface area contributed by atoms with Gasteiger partial charge in [0.2, 0.25) is 5.91 Å². The van der Waals surface area contributed by atoms with Gasteiger partial charge < -0.3 is 21.1 Å². The van der Waals surface area contributed by atoms with Gasteiger partial charge in [-0.15, -0.1) is 0 Å². The zero-order valence-corrected chi connectivity index (χ0v) is 19.1. The van der Waals surface area contributed by atoms with E-state index >= 15 is 0 Å². The lowest BCUT2D eigenvalue weighted by Gasteiger charge is -2.44. The number of carbonyl (C=O) groups excluding carboxylic acids is 2. The van der Waals surface area contributed by atoms with E-state index in [4.69, 9.17) is 0 Å². The number of carbonyl (C=O) groups is 2. The topological polar surface area (TPSA) is 116 Å². The molecule has 1 atom stereocenters. The lowest BCUT2D eigenvalue weighted by atomic mass is 9.68. The van der Waals surface area contributed by atoms with Crippen molar-refractivity contribution in [3.05, 3.63) is 59.7 Å². The Hall–Kier alpha value is -3.05. The molecule has 1 aliphatic carbocycles. The molecular weight excluding hydrogens is 463 g/mol. The number of rotatable bonds is 6.